The molecule has 1 N–H and O–H groups in total. The number of ether oxygens (including phenoxy) is 2. The number of hydrogen-bond donors (Lipinski definition) is 1. The van der Waals surface area contributed by atoms with Gasteiger partial charge in [0.05, 0.1) is 30.6 Å². The lowest BCUT2D eigenvalue weighted by Gasteiger charge is -2.47. The summed E-state index contributed by atoms with van der Waals surface area (Å²) in [4.78, 5) is 15.0. The highest BCUT2D eigenvalue weighted by molar-refractivity contribution is 6.10. The van der Waals surface area contributed by atoms with Gasteiger partial charge in [-0.05, 0) is 48.2 Å². The molecule has 1 aliphatic carbocycles. The van der Waals surface area contributed by atoms with Crippen molar-refractivity contribution in [2.24, 2.45) is 0 Å². The van der Waals surface area contributed by atoms with Gasteiger partial charge in [0.15, 0.2) is 5.75 Å². The summed E-state index contributed by atoms with van der Waals surface area (Å²) in [5.41, 5.74) is 3.15. The zero-order valence-corrected chi connectivity index (χ0v) is 20.4. The molecule has 3 aliphatic rings. The van der Waals surface area contributed by atoms with E-state index in [1.165, 1.54) is 19.3 Å². The van der Waals surface area contributed by atoms with E-state index >= 15 is 0 Å². The number of nitrogens with zero attached hydrogens (tertiary/aromatic N) is 1. The lowest BCUT2D eigenvalue weighted by molar-refractivity contribution is -0.231. The van der Waals surface area contributed by atoms with Gasteiger partial charge in [-0.15, -0.1) is 0 Å². The molecular formula is C25H28Cl2N2O5. The number of fused-ring (bicyclic) bond motifs is 1. The fraction of sp³-hybridized carbons (Fsp3) is 0.480. The summed E-state index contributed by atoms with van der Waals surface area (Å²) in [6.07, 6.45) is 5.79. The molecular weight excluding hydrogens is 479 g/mol. The molecule has 0 aromatic heterocycles. The topological polar surface area (TPSA) is 69.3 Å². The van der Waals surface area contributed by atoms with Gasteiger partial charge in [-0.3, -0.25) is 14.0 Å². The van der Waals surface area contributed by atoms with Gasteiger partial charge in [-0.2, -0.15) is 0 Å². The average Bonchev–Trinajstić information content (AvgIpc) is 2.84. The van der Waals surface area contributed by atoms with E-state index in [1.807, 2.05) is 18.2 Å². The first-order valence-electron chi connectivity index (χ1n) is 11.8. The maximum Gasteiger partial charge on any atom is 0.255 e. The van der Waals surface area contributed by atoms with Gasteiger partial charge in [0.2, 0.25) is 5.79 Å². The fourth-order valence-corrected chi connectivity index (χ4v) is 5.10. The van der Waals surface area contributed by atoms with Gasteiger partial charge >= 0.3 is 0 Å². The van der Waals surface area contributed by atoms with Crippen LogP contribution in [0, 0.1) is 0 Å². The molecule has 9 heteroatoms. The van der Waals surface area contributed by atoms with E-state index in [0.717, 1.165) is 54.4 Å². The number of piperidine rings is 1. The number of carbonyl (C=O) groups excluding carboxylic acids is 1. The first kappa shape index (κ1) is 23.7. The zero-order valence-electron chi connectivity index (χ0n) is 18.9. The van der Waals surface area contributed by atoms with Crippen LogP contribution in [0.25, 0.3) is 11.1 Å². The molecule has 7 nitrogen and oxygen atoms in total. The molecule has 0 radical (unpaired) electrons. The van der Waals surface area contributed by atoms with Gasteiger partial charge in [-0.1, -0.05) is 18.6 Å². The number of carbonyl (C=O) groups is 1. The molecule has 2 heterocycles. The molecule has 1 spiro atoms. The molecule has 182 valence electrons. The summed E-state index contributed by atoms with van der Waals surface area (Å²) in [5, 5.41) is 2.70. The standard InChI is InChI=1S/C25H28Cl2N2O5/c26-32-13-10-28-24(30)21-6-4-18(15-23(21)34-27)17-5-7-22-19(14-17)16-31-25(33-22)8-11-29(12-9-25)20-2-1-3-20/h4-7,14-15,20H,1-3,8-13,16H2,(H,28,30). The normalized spacial score (nSPS) is 19.7. The minimum absolute atomic E-state index is 0.196. The number of benzene rings is 2. The average molecular weight is 507 g/mol. The van der Waals surface area contributed by atoms with Crippen molar-refractivity contribution < 1.29 is 22.8 Å². The second kappa shape index (κ2) is 10.3. The highest BCUT2D eigenvalue weighted by Crippen LogP contribution is 2.41. The van der Waals surface area contributed by atoms with E-state index in [9.17, 15) is 4.79 Å². The van der Waals surface area contributed by atoms with Crippen molar-refractivity contribution in [3.05, 3.63) is 47.5 Å². The molecule has 0 bridgehead atoms. The third-order valence-corrected chi connectivity index (χ3v) is 7.43. The van der Waals surface area contributed by atoms with Crippen molar-refractivity contribution >= 4 is 29.6 Å². The number of hydrogen-bond acceptors (Lipinski definition) is 6. The van der Waals surface area contributed by atoms with Crippen molar-refractivity contribution in [1.82, 2.24) is 10.2 Å². The number of nitrogens with one attached hydrogen (secondary N) is 1. The smallest absolute Gasteiger partial charge is 0.255 e. The van der Waals surface area contributed by atoms with Gasteiger partial charge in [-0.25, -0.2) is 0 Å². The molecule has 1 saturated heterocycles. The van der Waals surface area contributed by atoms with Crippen LogP contribution in [0.3, 0.4) is 0 Å². The van der Waals surface area contributed by atoms with E-state index < -0.39 is 5.79 Å². The van der Waals surface area contributed by atoms with E-state index in [1.54, 1.807) is 12.1 Å². The lowest BCUT2D eigenvalue weighted by Crippen LogP contribution is -2.54. The second-order valence-corrected chi connectivity index (χ2v) is 9.47. The summed E-state index contributed by atoms with van der Waals surface area (Å²) >= 11 is 10.8. The fourth-order valence-electron chi connectivity index (χ4n) is 4.89. The van der Waals surface area contributed by atoms with Gasteiger partial charge in [0, 0.05) is 44.1 Å². The Labute approximate surface area is 209 Å². The van der Waals surface area contributed by atoms with Crippen LogP contribution in [0.4, 0.5) is 0 Å². The molecule has 2 fully saturated rings. The van der Waals surface area contributed by atoms with Crippen molar-refractivity contribution in [3.8, 4) is 22.6 Å². The van der Waals surface area contributed by atoms with Crippen LogP contribution in [-0.2, 0) is 15.6 Å². The Bertz CT molecular complexity index is 1040. The van der Waals surface area contributed by atoms with Crippen molar-refractivity contribution in [2.45, 2.75) is 50.5 Å². The molecule has 0 unspecified atom stereocenters. The zero-order chi connectivity index (χ0) is 23.5. The van der Waals surface area contributed by atoms with Crippen LogP contribution in [0.5, 0.6) is 11.5 Å². The van der Waals surface area contributed by atoms with Gasteiger partial charge < -0.3 is 19.1 Å². The Balaban J connectivity index is 1.28. The highest BCUT2D eigenvalue weighted by Gasteiger charge is 2.42. The van der Waals surface area contributed by atoms with Crippen LogP contribution < -0.4 is 14.3 Å². The first-order valence-corrected chi connectivity index (χ1v) is 12.4. The molecule has 2 aliphatic heterocycles. The van der Waals surface area contributed by atoms with Gasteiger partial charge in [0.25, 0.3) is 5.91 Å². The second-order valence-electron chi connectivity index (χ2n) is 9.10. The molecule has 0 atom stereocenters. The number of halogens is 2. The monoisotopic (exact) mass is 506 g/mol. The number of amides is 1. The highest BCUT2D eigenvalue weighted by atomic mass is 35.5. The molecule has 2 aromatic rings. The summed E-state index contributed by atoms with van der Waals surface area (Å²) in [7, 11) is 0. The van der Waals surface area contributed by atoms with E-state index in [0.29, 0.717) is 12.2 Å². The van der Waals surface area contributed by atoms with Crippen LogP contribution in [0.15, 0.2) is 36.4 Å². The maximum atomic E-state index is 12.4. The third-order valence-electron chi connectivity index (χ3n) is 7.11. The Morgan fingerprint density at radius 1 is 1.12 bits per heavy atom. The lowest BCUT2D eigenvalue weighted by atomic mass is 9.89. The van der Waals surface area contributed by atoms with E-state index in [-0.39, 0.29) is 24.8 Å². The van der Waals surface area contributed by atoms with E-state index in [4.69, 9.17) is 37.5 Å². The quantitative estimate of drug-likeness (QED) is 0.530. The first-order chi connectivity index (χ1) is 16.6. The Hall–Kier alpha value is -2.03. The van der Waals surface area contributed by atoms with Crippen molar-refractivity contribution in [2.75, 3.05) is 26.2 Å². The molecule has 2 aromatic carbocycles. The summed E-state index contributed by atoms with van der Waals surface area (Å²) in [6.45, 7) is 3.03. The summed E-state index contributed by atoms with van der Waals surface area (Å²) in [5.74, 6) is 0.304. The van der Waals surface area contributed by atoms with Crippen LogP contribution in [0.2, 0.25) is 0 Å². The van der Waals surface area contributed by atoms with E-state index in [2.05, 4.69) is 20.6 Å². The van der Waals surface area contributed by atoms with Crippen LogP contribution in [0.1, 0.15) is 48.0 Å². The van der Waals surface area contributed by atoms with Crippen LogP contribution in [-0.4, -0.2) is 48.9 Å². The summed E-state index contributed by atoms with van der Waals surface area (Å²) < 4.78 is 22.1. The van der Waals surface area contributed by atoms with Crippen molar-refractivity contribution in [3.63, 3.8) is 0 Å². The minimum atomic E-state index is -0.516. The number of rotatable bonds is 7. The Morgan fingerprint density at radius 2 is 1.88 bits per heavy atom. The third kappa shape index (κ3) is 4.86. The number of likely N-dealkylation sites (tertiary alicyclic amines) is 1. The minimum Gasteiger partial charge on any atom is -0.462 e. The van der Waals surface area contributed by atoms with Crippen LogP contribution >= 0.6 is 23.7 Å². The van der Waals surface area contributed by atoms with Crippen molar-refractivity contribution in [1.29, 1.82) is 0 Å². The molecule has 1 saturated carbocycles. The molecule has 34 heavy (non-hydrogen) atoms. The maximum absolute atomic E-state index is 12.4. The summed E-state index contributed by atoms with van der Waals surface area (Å²) in [6, 6.07) is 12.1. The predicted molar refractivity (Wildman–Crippen MR) is 129 cm³/mol. The largest absolute Gasteiger partial charge is 0.462 e. The Kier molecular flexibility index (Phi) is 7.18. The predicted octanol–water partition coefficient (Wildman–Crippen LogP) is 5.04. The SMILES string of the molecule is O=C(NCCOCl)c1ccc(-c2ccc3c(c2)COC2(CCN(C4CCC4)CC2)O3)cc1OCl. The van der Waals surface area contributed by atoms with Gasteiger partial charge in [0.1, 0.15) is 17.6 Å². The Morgan fingerprint density at radius 3 is 2.59 bits per heavy atom. The molecule has 1 amide bonds. The molecule has 5 rings (SSSR count).